The number of pyridine rings is 1. The third-order valence-electron chi connectivity index (χ3n) is 7.00. The normalized spacial score (nSPS) is 18.1. The van der Waals surface area contributed by atoms with Gasteiger partial charge in [-0.15, -0.1) is 0 Å². The fourth-order valence-electron chi connectivity index (χ4n) is 5.08. The van der Waals surface area contributed by atoms with Crippen molar-refractivity contribution >= 4 is 17.4 Å². The van der Waals surface area contributed by atoms with E-state index in [4.69, 9.17) is 9.72 Å². The fraction of sp³-hybridized carbons (Fsp3) is 0.357. The molecular weight excluding hydrogens is 424 g/mol. The van der Waals surface area contributed by atoms with Crippen molar-refractivity contribution in [3.8, 4) is 16.9 Å². The number of ether oxygens (including phenoxy) is 1. The van der Waals surface area contributed by atoms with Gasteiger partial charge in [-0.1, -0.05) is 50.2 Å². The number of rotatable bonds is 6. The zero-order valence-corrected chi connectivity index (χ0v) is 20.0. The van der Waals surface area contributed by atoms with E-state index in [9.17, 15) is 4.79 Å². The molecule has 1 amide bonds. The Morgan fingerprint density at radius 1 is 1.00 bits per heavy atom. The van der Waals surface area contributed by atoms with Gasteiger partial charge in [-0.3, -0.25) is 9.69 Å². The molecule has 1 fully saturated rings. The van der Waals surface area contributed by atoms with Crippen LogP contribution in [-0.4, -0.2) is 61.2 Å². The number of fused-ring (bicyclic) bond motifs is 1. The average molecular weight is 457 g/mol. The number of nitrogens with zero attached hydrogens (tertiary/aromatic N) is 4. The summed E-state index contributed by atoms with van der Waals surface area (Å²) in [5, 5.41) is 0. The Hall–Kier alpha value is -3.38. The van der Waals surface area contributed by atoms with Gasteiger partial charge < -0.3 is 14.5 Å². The molecule has 0 spiro atoms. The van der Waals surface area contributed by atoms with E-state index in [0.717, 1.165) is 55.2 Å². The van der Waals surface area contributed by atoms with Gasteiger partial charge in [0.05, 0.1) is 24.0 Å². The molecule has 6 nitrogen and oxygen atoms in total. The van der Waals surface area contributed by atoms with E-state index in [0.29, 0.717) is 30.5 Å². The molecule has 0 radical (unpaired) electrons. The van der Waals surface area contributed by atoms with Crippen LogP contribution in [0.3, 0.4) is 0 Å². The smallest absolute Gasteiger partial charge is 0.262 e. The molecule has 6 heteroatoms. The lowest BCUT2D eigenvalue weighted by Crippen LogP contribution is -2.37. The summed E-state index contributed by atoms with van der Waals surface area (Å²) in [5.74, 6) is 1.56. The standard InChI is InChI=1S/C28H32N4O2/c1-3-30(4-2)24-14-15-31(20-24)27-13-11-23(19-29-27)32-16-17-34-26-18-22(10-12-25(26)28(32)33)21-8-6-5-7-9-21/h5-13,18-19,24H,3-4,14-17,20H2,1-2H3. The maximum atomic E-state index is 13.4. The van der Waals surface area contributed by atoms with E-state index < -0.39 is 0 Å². The molecular formula is C28H32N4O2. The minimum Gasteiger partial charge on any atom is -0.491 e. The van der Waals surface area contributed by atoms with Crippen molar-refractivity contribution in [3.05, 3.63) is 72.4 Å². The summed E-state index contributed by atoms with van der Waals surface area (Å²) < 4.78 is 6.00. The SMILES string of the molecule is CCN(CC)C1CCN(c2ccc(N3CCOc4cc(-c5ccccc5)ccc4C3=O)cn2)C1. The van der Waals surface area contributed by atoms with E-state index in [2.05, 4.69) is 35.8 Å². The molecule has 176 valence electrons. The molecule has 2 aromatic carbocycles. The Balaban J connectivity index is 1.33. The van der Waals surface area contributed by atoms with E-state index >= 15 is 0 Å². The van der Waals surface area contributed by atoms with E-state index in [-0.39, 0.29) is 5.91 Å². The van der Waals surface area contributed by atoms with Crippen LogP contribution in [0.4, 0.5) is 11.5 Å². The summed E-state index contributed by atoms with van der Waals surface area (Å²) >= 11 is 0. The highest BCUT2D eigenvalue weighted by atomic mass is 16.5. The van der Waals surface area contributed by atoms with E-state index in [1.54, 1.807) is 4.90 Å². The predicted molar refractivity (Wildman–Crippen MR) is 137 cm³/mol. The molecule has 0 saturated carbocycles. The van der Waals surface area contributed by atoms with Gasteiger partial charge in [0.25, 0.3) is 5.91 Å². The first-order valence-electron chi connectivity index (χ1n) is 12.3. The summed E-state index contributed by atoms with van der Waals surface area (Å²) in [6, 6.07) is 20.6. The van der Waals surface area contributed by atoms with Gasteiger partial charge in [0.2, 0.25) is 0 Å². The second-order valence-electron chi connectivity index (χ2n) is 8.87. The topological polar surface area (TPSA) is 48.9 Å². The molecule has 0 N–H and O–H groups in total. The van der Waals surface area contributed by atoms with Crippen molar-refractivity contribution in [1.82, 2.24) is 9.88 Å². The number of amides is 1. The molecule has 1 saturated heterocycles. The Bertz CT molecular complexity index is 1130. The zero-order chi connectivity index (χ0) is 23.5. The molecule has 2 aliphatic heterocycles. The van der Waals surface area contributed by atoms with Crippen LogP contribution in [0.15, 0.2) is 66.9 Å². The molecule has 0 aliphatic carbocycles. The molecule has 1 unspecified atom stereocenters. The number of carbonyl (C=O) groups excluding carboxylic acids is 1. The van der Waals surface area contributed by atoms with E-state index in [1.165, 1.54) is 0 Å². The van der Waals surface area contributed by atoms with E-state index in [1.807, 2.05) is 54.7 Å². The Kier molecular flexibility index (Phi) is 6.50. The number of likely N-dealkylation sites (N-methyl/N-ethyl adjacent to an activating group) is 1. The quantitative estimate of drug-likeness (QED) is 0.538. The van der Waals surface area contributed by atoms with Crippen LogP contribution in [0.1, 0.15) is 30.6 Å². The van der Waals surface area contributed by atoms with Crippen LogP contribution in [0.2, 0.25) is 0 Å². The molecule has 34 heavy (non-hydrogen) atoms. The molecule has 2 aliphatic rings. The maximum absolute atomic E-state index is 13.4. The predicted octanol–water partition coefficient (Wildman–Crippen LogP) is 4.71. The van der Waals surface area contributed by atoms with Crippen LogP contribution in [0.5, 0.6) is 5.75 Å². The highest BCUT2D eigenvalue weighted by Gasteiger charge is 2.28. The van der Waals surface area contributed by atoms with Crippen LogP contribution in [-0.2, 0) is 0 Å². The lowest BCUT2D eigenvalue weighted by atomic mass is 10.0. The molecule has 1 atom stereocenters. The third kappa shape index (κ3) is 4.38. The first-order chi connectivity index (χ1) is 16.7. The van der Waals surface area contributed by atoms with Gasteiger partial charge in [-0.2, -0.15) is 0 Å². The number of hydrogen-bond donors (Lipinski definition) is 0. The number of anilines is 2. The average Bonchev–Trinajstić information content (AvgIpc) is 3.31. The second-order valence-corrected chi connectivity index (χ2v) is 8.87. The van der Waals surface area contributed by atoms with Crippen molar-refractivity contribution in [3.63, 3.8) is 0 Å². The number of carbonyl (C=O) groups is 1. The van der Waals surface area contributed by atoms with Crippen LogP contribution >= 0.6 is 0 Å². The zero-order valence-electron chi connectivity index (χ0n) is 20.0. The highest BCUT2D eigenvalue weighted by molar-refractivity contribution is 6.08. The number of aromatic nitrogens is 1. The van der Waals surface area contributed by atoms with Gasteiger partial charge in [0.1, 0.15) is 18.2 Å². The fourth-order valence-corrected chi connectivity index (χ4v) is 5.08. The minimum atomic E-state index is -0.0515. The van der Waals surface area contributed by atoms with Gasteiger partial charge in [0, 0.05) is 19.1 Å². The number of hydrogen-bond acceptors (Lipinski definition) is 5. The molecule has 3 heterocycles. The maximum Gasteiger partial charge on any atom is 0.262 e. The van der Waals surface area contributed by atoms with Gasteiger partial charge in [0.15, 0.2) is 0 Å². The monoisotopic (exact) mass is 456 g/mol. The lowest BCUT2D eigenvalue weighted by Gasteiger charge is -2.26. The summed E-state index contributed by atoms with van der Waals surface area (Å²) in [7, 11) is 0. The molecule has 3 aromatic rings. The molecule has 1 aromatic heterocycles. The number of benzene rings is 2. The summed E-state index contributed by atoms with van der Waals surface area (Å²) in [6.07, 6.45) is 2.98. The van der Waals surface area contributed by atoms with Crippen LogP contribution in [0, 0.1) is 0 Å². The van der Waals surface area contributed by atoms with Crippen molar-refractivity contribution in [1.29, 1.82) is 0 Å². The van der Waals surface area contributed by atoms with Gasteiger partial charge in [-0.05, 0) is 54.9 Å². The largest absolute Gasteiger partial charge is 0.491 e. The Morgan fingerprint density at radius 3 is 2.56 bits per heavy atom. The first-order valence-corrected chi connectivity index (χ1v) is 12.3. The van der Waals surface area contributed by atoms with Crippen LogP contribution in [0.25, 0.3) is 11.1 Å². The second kappa shape index (κ2) is 9.85. The van der Waals surface area contributed by atoms with Crippen molar-refractivity contribution in [2.24, 2.45) is 0 Å². The molecule has 0 bridgehead atoms. The highest BCUT2D eigenvalue weighted by Crippen LogP contribution is 2.32. The molecule has 5 rings (SSSR count). The lowest BCUT2D eigenvalue weighted by molar-refractivity contribution is 0.0990. The summed E-state index contributed by atoms with van der Waals surface area (Å²) in [6.45, 7) is 9.55. The van der Waals surface area contributed by atoms with Crippen molar-refractivity contribution in [2.75, 3.05) is 49.1 Å². The Morgan fingerprint density at radius 2 is 1.82 bits per heavy atom. The minimum absolute atomic E-state index is 0.0515. The first kappa shape index (κ1) is 22.4. The van der Waals surface area contributed by atoms with Gasteiger partial charge >= 0.3 is 0 Å². The van der Waals surface area contributed by atoms with Crippen molar-refractivity contribution < 1.29 is 9.53 Å². The van der Waals surface area contributed by atoms with Gasteiger partial charge in [-0.25, -0.2) is 4.98 Å². The summed E-state index contributed by atoms with van der Waals surface area (Å²) in [4.78, 5) is 24.8. The van der Waals surface area contributed by atoms with Crippen molar-refractivity contribution in [2.45, 2.75) is 26.3 Å². The van der Waals surface area contributed by atoms with Crippen LogP contribution < -0.4 is 14.5 Å². The third-order valence-corrected chi connectivity index (χ3v) is 7.00. The Labute approximate surface area is 201 Å². The summed E-state index contributed by atoms with van der Waals surface area (Å²) in [5.41, 5.74) is 3.53.